The molecule has 2 aromatic carbocycles. The third kappa shape index (κ3) is 5.79. The molecule has 3 amide bonds. The fourth-order valence-corrected chi connectivity index (χ4v) is 8.27. The molecular formula is C38H44N6O3. The molecule has 2 fully saturated rings. The average molecular weight is 633 g/mol. The number of nitrogens with one attached hydrogen (secondary N) is 2. The number of imide groups is 1. The van der Waals surface area contributed by atoms with Gasteiger partial charge in [-0.25, -0.2) is 0 Å². The molecule has 0 bridgehead atoms. The summed E-state index contributed by atoms with van der Waals surface area (Å²) in [5, 5.41) is 9.02. The van der Waals surface area contributed by atoms with Crippen LogP contribution in [-0.2, 0) is 35.4 Å². The molecule has 9 heteroatoms. The van der Waals surface area contributed by atoms with E-state index in [1.54, 1.807) is 0 Å². The van der Waals surface area contributed by atoms with Crippen molar-refractivity contribution in [1.82, 2.24) is 25.0 Å². The van der Waals surface area contributed by atoms with Crippen molar-refractivity contribution in [2.24, 2.45) is 11.3 Å². The number of nitrogens with zero attached hydrogens (tertiary/aromatic N) is 4. The minimum Gasteiger partial charge on any atom is -0.353 e. The van der Waals surface area contributed by atoms with Gasteiger partial charge >= 0.3 is 0 Å². The highest BCUT2D eigenvalue weighted by atomic mass is 16.2. The summed E-state index contributed by atoms with van der Waals surface area (Å²) < 4.78 is 0. The van der Waals surface area contributed by atoms with Crippen molar-refractivity contribution >= 4 is 34.3 Å². The second-order valence-electron chi connectivity index (χ2n) is 15.0. The van der Waals surface area contributed by atoms with Crippen molar-refractivity contribution in [3.8, 4) is 11.4 Å². The topological polar surface area (TPSA) is 105 Å². The standard InChI is InChI=1S/C38H44N6O3/c1-38(2)14-10-30-33(21-38)40-41-36(30)32-20-27-18-26(7-9-31(27)39-32)37(47)43-16-11-24(12-17-43)22-42-15-13-25-6-8-29(19-28(25)23-42)44-34(45)4-3-5-35(44)46/h6-9,18-20,24,39H,3-5,10-17,21-23H2,1-2H3,(H,40,41). The van der Waals surface area contributed by atoms with Crippen LogP contribution >= 0.6 is 0 Å². The number of H-pyrrole nitrogens is 2. The van der Waals surface area contributed by atoms with Crippen LogP contribution in [0.1, 0.15) is 85.1 Å². The van der Waals surface area contributed by atoms with Crippen LogP contribution in [0.5, 0.6) is 0 Å². The highest BCUT2D eigenvalue weighted by molar-refractivity contribution is 6.16. The predicted molar refractivity (Wildman–Crippen MR) is 182 cm³/mol. The summed E-state index contributed by atoms with van der Waals surface area (Å²) >= 11 is 0. The maximum Gasteiger partial charge on any atom is 0.253 e. The van der Waals surface area contributed by atoms with E-state index in [0.29, 0.717) is 36.3 Å². The Morgan fingerprint density at radius 2 is 1.74 bits per heavy atom. The fourth-order valence-electron chi connectivity index (χ4n) is 8.27. The first-order valence-electron chi connectivity index (χ1n) is 17.4. The minimum atomic E-state index is -0.0931. The first-order chi connectivity index (χ1) is 22.7. The highest BCUT2D eigenvalue weighted by Gasteiger charge is 2.31. The van der Waals surface area contributed by atoms with Gasteiger partial charge in [-0.1, -0.05) is 19.9 Å². The fraction of sp³-hybridized carbons (Fsp3) is 0.474. The number of fused-ring (bicyclic) bond motifs is 3. The normalized spacial score (nSPS) is 20.5. The van der Waals surface area contributed by atoms with Crippen LogP contribution in [-0.4, -0.2) is 68.9 Å². The van der Waals surface area contributed by atoms with Crippen molar-refractivity contribution in [1.29, 1.82) is 0 Å². The molecule has 0 unspecified atom stereocenters. The Kier molecular flexibility index (Phi) is 7.54. The molecule has 2 aromatic heterocycles. The van der Waals surface area contributed by atoms with Crippen molar-refractivity contribution in [2.75, 3.05) is 31.1 Å². The summed E-state index contributed by atoms with van der Waals surface area (Å²) in [5.41, 5.74) is 9.87. The van der Waals surface area contributed by atoms with Crippen molar-refractivity contribution in [3.05, 3.63) is 70.4 Å². The Hall–Kier alpha value is -4.24. The van der Waals surface area contributed by atoms with E-state index >= 15 is 0 Å². The number of aromatic amines is 2. The van der Waals surface area contributed by atoms with Crippen molar-refractivity contribution < 1.29 is 14.4 Å². The van der Waals surface area contributed by atoms with E-state index in [2.05, 4.69) is 52.1 Å². The summed E-state index contributed by atoms with van der Waals surface area (Å²) in [5.74, 6) is 0.455. The monoisotopic (exact) mass is 632 g/mol. The molecule has 5 heterocycles. The number of likely N-dealkylation sites (tertiary alicyclic amines) is 1. The van der Waals surface area contributed by atoms with Gasteiger partial charge in [-0.15, -0.1) is 0 Å². The Bertz CT molecular complexity index is 1860. The Morgan fingerprint density at radius 1 is 0.936 bits per heavy atom. The Morgan fingerprint density at radius 3 is 2.55 bits per heavy atom. The number of benzene rings is 2. The van der Waals surface area contributed by atoms with Gasteiger partial charge in [0.1, 0.15) is 5.69 Å². The van der Waals surface area contributed by atoms with Crippen LogP contribution in [0, 0.1) is 11.3 Å². The summed E-state index contributed by atoms with van der Waals surface area (Å²) in [6.07, 6.45) is 7.66. The van der Waals surface area contributed by atoms with Gasteiger partial charge in [0, 0.05) is 73.3 Å². The highest BCUT2D eigenvalue weighted by Crippen LogP contribution is 2.38. The van der Waals surface area contributed by atoms with E-state index in [4.69, 9.17) is 0 Å². The number of anilines is 1. The molecule has 0 saturated carbocycles. The molecule has 47 heavy (non-hydrogen) atoms. The third-order valence-electron chi connectivity index (χ3n) is 11.0. The lowest BCUT2D eigenvalue weighted by Gasteiger charge is -2.37. The lowest BCUT2D eigenvalue weighted by Crippen LogP contribution is -2.42. The first-order valence-corrected chi connectivity index (χ1v) is 17.4. The van der Waals surface area contributed by atoms with E-state index in [-0.39, 0.29) is 17.7 Å². The molecule has 0 spiro atoms. The van der Waals surface area contributed by atoms with Gasteiger partial charge in [0.2, 0.25) is 11.8 Å². The van der Waals surface area contributed by atoms with Gasteiger partial charge in [-0.2, -0.15) is 5.10 Å². The van der Waals surface area contributed by atoms with E-state index in [0.717, 1.165) is 99.1 Å². The molecular weight excluding hydrogens is 588 g/mol. The maximum absolute atomic E-state index is 13.6. The van der Waals surface area contributed by atoms with Crippen LogP contribution in [0.3, 0.4) is 0 Å². The molecule has 3 aliphatic heterocycles. The number of carbonyl (C=O) groups excluding carboxylic acids is 3. The second-order valence-corrected chi connectivity index (χ2v) is 15.0. The van der Waals surface area contributed by atoms with Crippen LogP contribution in [0.4, 0.5) is 5.69 Å². The molecule has 4 aromatic rings. The van der Waals surface area contributed by atoms with Gasteiger partial charge in [-0.3, -0.25) is 29.3 Å². The van der Waals surface area contributed by atoms with Gasteiger partial charge in [-0.05, 0) is 104 Å². The lowest BCUT2D eigenvalue weighted by molar-refractivity contribution is -0.129. The Labute approximate surface area is 275 Å². The predicted octanol–water partition coefficient (Wildman–Crippen LogP) is 6.03. The number of piperidine rings is 2. The lowest BCUT2D eigenvalue weighted by atomic mass is 9.76. The molecule has 2 saturated heterocycles. The molecule has 1 aliphatic carbocycles. The summed E-state index contributed by atoms with van der Waals surface area (Å²) in [7, 11) is 0. The number of aromatic nitrogens is 3. The third-order valence-corrected chi connectivity index (χ3v) is 11.0. The smallest absolute Gasteiger partial charge is 0.253 e. The van der Waals surface area contributed by atoms with Crippen LogP contribution in [0.15, 0.2) is 42.5 Å². The van der Waals surface area contributed by atoms with Crippen LogP contribution < -0.4 is 4.90 Å². The van der Waals surface area contributed by atoms with Crippen LogP contribution in [0.25, 0.3) is 22.3 Å². The zero-order valence-corrected chi connectivity index (χ0v) is 27.5. The molecule has 4 aliphatic rings. The largest absolute Gasteiger partial charge is 0.353 e. The zero-order valence-electron chi connectivity index (χ0n) is 27.5. The molecule has 8 rings (SSSR count). The summed E-state index contributed by atoms with van der Waals surface area (Å²) in [4.78, 5) is 48.0. The number of carbonyl (C=O) groups is 3. The van der Waals surface area contributed by atoms with Gasteiger partial charge in [0.15, 0.2) is 0 Å². The molecule has 2 N–H and O–H groups in total. The van der Waals surface area contributed by atoms with E-state index in [9.17, 15) is 14.4 Å². The molecule has 244 valence electrons. The summed E-state index contributed by atoms with van der Waals surface area (Å²) in [6.45, 7) is 9.00. The zero-order chi connectivity index (χ0) is 32.3. The maximum atomic E-state index is 13.6. The Balaban J connectivity index is 0.887. The van der Waals surface area contributed by atoms with Gasteiger partial charge in [0.05, 0.1) is 11.4 Å². The van der Waals surface area contributed by atoms with Gasteiger partial charge < -0.3 is 9.88 Å². The molecule has 0 radical (unpaired) electrons. The molecule has 9 nitrogen and oxygen atoms in total. The SMILES string of the molecule is CC1(C)CCc2c(-c3cc4cc(C(=O)N5CCC(CN6CCc7ccc(N8C(=O)CCCC8=O)cc7C6)CC5)ccc4[nH]3)n[nH]c2C1. The number of amides is 3. The van der Waals surface area contributed by atoms with Crippen LogP contribution in [0.2, 0.25) is 0 Å². The summed E-state index contributed by atoms with van der Waals surface area (Å²) in [6, 6.07) is 14.2. The van der Waals surface area contributed by atoms with E-state index in [1.807, 2.05) is 29.2 Å². The average Bonchev–Trinajstić information content (AvgIpc) is 3.67. The first kappa shape index (κ1) is 30.1. The second kappa shape index (κ2) is 11.8. The number of hydrogen-bond acceptors (Lipinski definition) is 5. The quantitative estimate of drug-likeness (QED) is 0.262. The number of hydrogen-bond donors (Lipinski definition) is 2. The number of rotatable bonds is 5. The van der Waals surface area contributed by atoms with E-state index < -0.39 is 0 Å². The van der Waals surface area contributed by atoms with Gasteiger partial charge in [0.25, 0.3) is 5.91 Å². The van der Waals surface area contributed by atoms with E-state index in [1.165, 1.54) is 27.3 Å². The van der Waals surface area contributed by atoms with Crippen molar-refractivity contribution in [2.45, 2.75) is 78.2 Å². The van der Waals surface area contributed by atoms with Crippen molar-refractivity contribution in [3.63, 3.8) is 0 Å². The minimum absolute atomic E-state index is 0.0931. The molecule has 0 atom stereocenters.